The van der Waals surface area contributed by atoms with E-state index in [1.54, 1.807) is 0 Å². The van der Waals surface area contributed by atoms with Gasteiger partial charge in [0.1, 0.15) is 0 Å². The summed E-state index contributed by atoms with van der Waals surface area (Å²) < 4.78 is 1.16. The summed E-state index contributed by atoms with van der Waals surface area (Å²) in [6.07, 6.45) is 1.32. The Morgan fingerprint density at radius 2 is 1.89 bits per heavy atom. The molecule has 1 unspecified atom stereocenters. The SMILES string of the molecule is CCN(CC)C1CCN(Cc2ccc(Br)cc2)C1. The van der Waals surface area contributed by atoms with Gasteiger partial charge in [0.2, 0.25) is 0 Å². The van der Waals surface area contributed by atoms with E-state index < -0.39 is 0 Å². The molecule has 1 atom stereocenters. The number of benzene rings is 1. The van der Waals surface area contributed by atoms with Crippen molar-refractivity contribution in [3.63, 3.8) is 0 Å². The number of likely N-dealkylation sites (N-methyl/N-ethyl adjacent to an activating group) is 1. The summed E-state index contributed by atoms with van der Waals surface area (Å²) in [5.41, 5.74) is 1.42. The van der Waals surface area contributed by atoms with Gasteiger partial charge in [-0.25, -0.2) is 0 Å². The van der Waals surface area contributed by atoms with Crippen LogP contribution in [0.5, 0.6) is 0 Å². The van der Waals surface area contributed by atoms with Gasteiger partial charge in [-0.15, -0.1) is 0 Å². The lowest BCUT2D eigenvalue weighted by atomic mass is 10.2. The van der Waals surface area contributed by atoms with Crippen molar-refractivity contribution in [2.45, 2.75) is 32.9 Å². The van der Waals surface area contributed by atoms with Gasteiger partial charge in [0.15, 0.2) is 0 Å². The van der Waals surface area contributed by atoms with Crippen LogP contribution in [0, 0.1) is 0 Å². The first-order valence-electron chi connectivity index (χ1n) is 6.93. The quantitative estimate of drug-likeness (QED) is 0.823. The maximum atomic E-state index is 3.49. The van der Waals surface area contributed by atoms with Crippen LogP contribution in [0.4, 0.5) is 0 Å². The lowest BCUT2D eigenvalue weighted by molar-refractivity contribution is 0.209. The fraction of sp³-hybridized carbons (Fsp3) is 0.600. The zero-order valence-corrected chi connectivity index (χ0v) is 13.0. The topological polar surface area (TPSA) is 6.48 Å². The summed E-state index contributed by atoms with van der Waals surface area (Å²) in [5.74, 6) is 0. The maximum absolute atomic E-state index is 3.49. The number of nitrogens with zero attached hydrogens (tertiary/aromatic N) is 2. The second-order valence-corrected chi connectivity index (χ2v) is 5.94. The van der Waals surface area contributed by atoms with Crippen LogP contribution >= 0.6 is 15.9 Å². The molecule has 2 rings (SSSR count). The summed E-state index contributed by atoms with van der Waals surface area (Å²) in [7, 11) is 0. The number of hydrogen-bond acceptors (Lipinski definition) is 2. The lowest BCUT2D eigenvalue weighted by Crippen LogP contribution is -2.37. The van der Waals surface area contributed by atoms with Gasteiger partial charge < -0.3 is 0 Å². The number of hydrogen-bond donors (Lipinski definition) is 0. The van der Waals surface area contributed by atoms with Crippen LogP contribution < -0.4 is 0 Å². The smallest absolute Gasteiger partial charge is 0.0235 e. The Morgan fingerprint density at radius 1 is 1.22 bits per heavy atom. The van der Waals surface area contributed by atoms with Gasteiger partial charge >= 0.3 is 0 Å². The van der Waals surface area contributed by atoms with Crippen LogP contribution in [-0.4, -0.2) is 42.0 Å². The molecule has 1 fully saturated rings. The normalized spacial score (nSPS) is 20.8. The molecule has 1 aromatic rings. The molecule has 0 aliphatic carbocycles. The van der Waals surface area contributed by atoms with Crippen LogP contribution in [0.3, 0.4) is 0 Å². The van der Waals surface area contributed by atoms with Crippen LogP contribution in [0.15, 0.2) is 28.7 Å². The number of likely N-dealkylation sites (tertiary alicyclic amines) is 1. The Kier molecular flexibility index (Phi) is 5.22. The van der Waals surface area contributed by atoms with Crippen molar-refractivity contribution in [1.82, 2.24) is 9.80 Å². The Labute approximate surface area is 119 Å². The molecule has 1 heterocycles. The van der Waals surface area contributed by atoms with Gasteiger partial charge in [0, 0.05) is 30.1 Å². The average Bonchev–Trinajstić information content (AvgIpc) is 2.82. The minimum Gasteiger partial charge on any atom is -0.300 e. The molecule has 0 spiro atoms. The van der Waals surface area contributed by atoms with Gasteiger partial charge in [-0.05, 0) is 37.2 Å². The molecule has 18 heavy (non-hydrogen) atoms. The molecule has 0 radical (unpaired) electrons. The largest absolute Gasteiger partial charge is 0.300 e. The van der Waals surface area contributed by atoms with Crippen molar-refractivity contribution in [3.05, 3.63) is 34.3 Å². The summed E-state index contributed by atoms with van der Waals surface area (Å²) in [6, 6.07) is 9.46. The summed E-state index contributed by atoms with van der Waals surface area (Å²) in [4.78, 5) is 5.16. The molecular weight excluding hydrogens is 288 g/mol. The zero-order valence-electron chi connectivity index (χ0n) is 11.4. The molecule has 0 amide bonds. The van der Waals surface area contributed by atoms with Crippen LogP contribution in [-0.2, 0) is 6.54 Å². The van der Waals surface area contributed by atoms with Gasteiger partial charge in [-0.2, -0.15) is 0 Å². The van der Waals surface area contributed by atoms with E-state index in [1.807, 2.05) is 0 Å². The van der Waals surface area contributed by atoms with E-state index in [9.17, 15) is 0 Å². The fourth-order valence-corrected chi connectivity index (χ4v) is 3.11. The third kappa shape index (κ3) is 3.56. The third-order valence-corrected chi connectivity index (χ3v) is 4.42. The third-order valence-electron chi connectivity index (χ3n) is 3.90. The van der Waals surface area contributed by atoms with Crippen molar-refractivity contribution >= 4 is 15.9 Å². The molecule has 1 aliphatic rings. The molecule has 100 valence electrons. The highest BCUT2D eigenvalue weighted by Crippen LogP contribution is 2.19. The second-order valence-electron chi connectivity index (χ2n) is 5.03. The molecular formula is C15H23BrN2. The first-order chi connectivity index (χ1) is 8.72. The van der Waals surface area contributed by atoms with Crippen molar-refractivity contribution in [3.8, 4) is 0 Å². The Morgan fingerprint density at radius 3 is 2.50 bits per heavy atom. The lowest BCUT2D eigenvalue weighted by Gasteiger charge is -2.26. The van der Waals surface area contributed by atoms with Gasteiger partial charge in [0.25, 0.3) is 0 Å². The Hall–Kier alpha value is -0.380. The van der Waals surface area contributed by atoms with Crippen LogP contribution in [0.25, 0.3) is 0 Å². The zero-order chi connectivity index (χ0) is 13.0. The fourth-order valence-electron chi connectivity index (χ4n) is 2.84. The molecule has 1 saturated heterocycles. The minimum atomic E-state index is 0.760. The predicted molar refractivity (Wildman–Crippen MR) is 80.7 cm³/mol. The molecule has 2 nitrogen and oxygen atoms in total. The summed E-state index contributed by atoms with van der Waals surface area (Å²) >= 11 is 3.49. The van der Waals surface area contributed by atoms with E-state index in [4.69, 9.17) is 0 Å². The molecule has 0 N–H and O–H groups in total. The van der Waals surface area contributed by atoms with E-state index in [0.29, 0.717) is 0 Å². The van der Waals surface area contributed by atoms with E-state index in [2.05, 4.69) is 63.8 Å². The van der Waals surface area contributed by atoms with Crippen LogP contribution in [0.2, 0.25) is 0 Å². The molecule has 1 aliphatic heterocycles. The number of halogens is 1. The highest BCUT2D eigenvalue weighted by Gasteiger charge is 2.25. The van der Waals surface area contributed by atoms with Crippen LogP contribution in [0.1, 0.15) is 25.8 Å². The van der Waals surface area contributed by atoms with Gasteiger partial charge in [-0.1, -0.05) is 41.9 Å². The van der Waals surface area contributed by atoms with Crippen molar-refractivity contribution < 1.29 is 0 Å². The monoisotopic (exact) mass is 310 g/mol. The first-order valence-corrected chi connectivity index (χ1v) is 7.73. The van der Waals surface area contributed by atoms with Gasteiger partial charge in [0.05, 0.1) is 0 Å². The summed E-state index contributed by atoms with van der Waals surface area (Å²) in [5, 5.41) is 0. The second kappa shape index (κ2) is 6.69. The highest BCUT2D eigenvalue weighted by atomic mass is 79.9. The van der Waals surface area contributed by atoms with E-state index in [0.717, 1.165) is 17.1 Å². The summed E-state index contributed by atoms with van der Waals surface area (Å²) in [6.45, 7) is 10.4. The first kappa shape index (κ1) is 14.0. The standard InChI is InChI=1S/C15H23BrN2/c1-3-18(4-2)15-9-10-17(12-15)11-13-5-7-14(16)8-6-13/h5-8,15H,3-4,9-12H2,1-2H3. The maximum Gasteiger partial charge on any atom is 0.0235 e. The predicted octanol–water partition coefficient (Wildman–Crippen LogP) is 3.37. The van der Waals surface area contributed by atoms with E-state index in [1.165, 1.54) is 38.2 Å². The van der Waals surface area contributed by atoms with Crippen molar-refractivity contribution in [1.29, 1.82) is 0 Å². The Bertz CT molecular complexity index is 359. The molecule has 0 aromatic heterocycles. The highest BCUT2D eigenvalue weighted by molar-refractivity contribution is 9.10. The Balaban J connectivity index is 1.87. The molecule has 1 aromatic carbocycles. The van der Waals surface area contributed by atoms with Crippen molar-refractivity contribution in [2.24, 2.45) is 0 Å². The van der Waals surface area contributed by atoms with Gasteiger partial charge in [-0.3, -0.25) is 9.80 Å². The molecule has 0 bridgehead atoms. The minimum absolute atomic E-state index is 0.760. The number of rotatable bonds is 5. The van der Waals surface area contributed by atoms with Crippen molar-refractivity contribution in [2.75, 3.05) is 26.2 Å². The average molecular weight is 311 g/mol. The molecule has 0 saturated carbocycles. The van der Waals surface area contributed by atoms with E-state index >= 15 is 0 Å². The molecule has 3 heteroatoms. The van der Waals surface area contributed by atoms with E-state index in [-0.39, 0.29) is 0 Å².